The van der Waals surface area contributed by atoms with E-state index in [0.717, 1.165) is 5.76 Å². The van der Waals surface area contributed by atoms with E-state index in [9.17, 15) is 14.3 Å². The summed E-state index contributed by atoms with van der Waals surface area (Å²) in [6.45, 7) is 1.35. The van der Waals surface area contributed by atoms with Gasteiger partial charge in [-0.1, -0.05) is 0 Å². The van der Waals surface area contributed by atoms with Gasteiger partial charge in [-0.3, -0.25) is 4.79 Å². The maximum atomic E-state index is 14.1. The van der Waals surface area contributed by atoms with Crippen molar-refractivity contribution in [3.05, 3.63) is 53.7 Å². The van der Waals surface area contributed by atoms with Gasteiger partial charge in [0.05, 0.1) is 13.4 Å². The SMILES string of the molecule is COc1ccc(F)c(CN2CCC[C@@](O)(CNCCc3ccco3)C2=O)c1. The zero-order chi connectivity index (χ0) is 19.3. The van der Waals surface area contributed by atoms with Gasteiger partial charge < -0.3 is 24.5 Å². The third kappa shape index (κ3) is 4.67. The number of carbonyl (C=O) groups excluding carboxylic acids is 1. The molecule has 2 heterocycles. The highest BCUT2D eigenvalue weighted by Crippen LogP contribution is 2.25. The number of halogens is 1. The Morgan fingerprint density at radius 1 is 1.41 bits per heavy atom. The van der Waals surface area contributed by atoms with Crippen molar-refractivity contribution in [1.29, 1.82) is 0 Å². The number of piperidine rings is 1. The summed E-state index contributed by atoms with van der Waals surface area (Å²) in [4.78, 5) is 14.3. The fourth-order valence-electron chi connectivity index (χ4n) is 3.35. The largest absolute Gasteiger partial charge is 0.497 e. The average molecular weight is 376 g/mol. The van der Waals surface area contributed by atoms with Gasteiger partial charge in [-0.25, -0.2) is 4.39 Å². The Bertz CT molecular complexity index is 765. The van der Waals surface area contributed by atoms with Crippen LogP contribution in [0.3, 0.4) is 0 Å². The Balaban J connectivity index is 1.59. The van der Waals surface area contributed by atoms with Gasteiger partial charge in [0.2, 0.25) is 0 Å². The van der Waals surface area contributed by atoms with E-state index in [1.54, 1.807) is 12.3 Å². The molecule has 0 aliphatic carbocycles. The van der Waals surface area contributed by atoms with Crippen LogP contribution in [0.15, 0.2) is 41.0 Å². The van der Waals surface area contributed by atoms with Gasteiger partial charge in [-0.2, -0.15) is 0 Å². The lowest BCUT2D eigenvalue weighted by atomic mass is 9.91. The Hall–Kier alpha value is -2.38. The number of hydrogen-bond acceptors (Lipinski definition) is 5. The second kappa shape index (κ2) is 8.54. The molecule has 1 aromatic heterocycles. The number of carbonyl (C=O) groups is 1. The summed E-state index contributed by atoms with van der Waals surface area (Å²) >= 11 is 0. The minimum Gasteiger partial charge on any atom is -0.497 e. The summed E-state index contributed by atoms with van der Waals surface area (Å²) in [7, 11) is 1.51. The first-order valence-corrected chi connectivity index (χ1v) is 9.09. The molecule has 2 N–H and O–H groups in total. The van der Waals surface area contributed by atoms with Crippen LogP contribution in [0.25, 0.3) is 0 Å². The molecule has 1 atom stereocenters. The van der Waals surface area contributed by atoms with Crippen LogP contribution >= 0.6 is 0 Å². The van der Waals surface area contributed by atoms with E-state index >= 15 is 0 Å². The van der Waals surface area contributed by atoms with E-state index in [1.165, 1.54) is 24.1 Å². The van der Waals surface area contributed by atoms with Crippen molar-refractivity contribution in [3.8, 4) is 5.75 Å². The van der Waals surface area contributed by atoms with Crippen molar-refractivity contribution < 1.29 is 23.4 Å². The van der Waals surface area contributed by atoms with Gasteiger partial charge in [0.15, 0.2) is 5.60 Å². The molecule has 7 heteroatoms. The number of amides is 1. The third-order valence-electron chi connectivity index (χ3n) is 4.86. The molecule has 1 aliphatic rings. The molecule has 1 aromatic carbocycles. The second-order valence-corrected chi connectivity index (χ2v) is 6.83. The van der Waals surface area contributed by atoms with Crippen LogP contribution in [0, 0.1) is 5.82 Å². The molecule has 27 heavy (non-hydrogen) atoms. The molecule has 0 unspecified atom stereocenters. The molecule has 1 saturated heterocycles. The number of nitrogens with zero attached hydrogens (tertiary/aromatic N) is 1. The number of rotatable bonds is 8. The van der Waals surface area contributed by atoms with Crippen molar-refractivity contribution in [3.63, 3.8) is 0 Å². The van der Waals surface area contributed by atoms with Crippen LogP contribution in [0.1, 0.15) is 24.2 Å². The number of furan rings is 1. The number of hydrogen-bond donors (Lipinski definition) is 2. The summed E-state index contributed by atoms with van der Waals surface area (Å²) in [5.41, 5.74) is -1.10. The number of benzene rings is 1. The number of likely N-dealkylation sites (tertiary alicyclic amines) is 1. The molecule has 0 spiro atoms. The highest BCUT2D eigenvalue weighted by atomic mass is 19.1. The first-order chi connectivity index (χ1) is 13.0. The third-order valence-corrected chi connectivity index (χ3v) is 4.86. The topological polar surface area (TPSA) is 74.9 Å². The monoisotopic (exact) mass is 376 g/mol. The normalized spacial score (nSPS) is 20.1. The molecular weight excluding hydrogens is 351 g/mol. The van der Waals surface area contributed by atoms with Gasteiger partial charge in [-0.15, -0.1) is 0 Å². The fourth-order valence-corrected chi connectivity index (χ4v) is 3.35. The summed E-state index contributed by atoms with van der Waals surface area (Å²) in [5.74, 6) is 0.612. The quantitative estimate of drug-likeness (QED) is 0.691. The van der Waals surface area contributed by atoms with Crippen LogP contribution in [-0.4, -0.2) is 48.3 Å². The average Bonchev–Trinajstić information content (AvgIpc) is 3.18. The smallest absolute Gasteiger partial charge is 0.256 e. The maximum Gasteiger partial charge on any atom is 0.256 e. The number of aliphatic hydroxyl groups is 1. The zero-order valence-electron chi connectivity index (χ0n) is 15.4. The van der Waals surface area contributed by atoms with E-state index < -0.39 is 11.4 Å². The Morgan fingerprint density at radius 2 is 2.26 bits per heavy atom. The summed E-state index contributed by atoms with van der Waals surface area (Å²) < 4.78 is 24.5. The predicted octanol–water partition coefficient (Wildman–Crippen LogP) is 2.11. The number of nitrogens with one attached hydrogen (secondary N) is 1. The molecular formula is C20H25FN2O4. The Kier molecular flexibility index (Phi) is 6.13. The van der Waals surface area contributed by atoms with Gasteiger partial charge in [-0.05, 0) is 43.2 Å². The molecule has 146 valence electrons. The minimum absolute atomic E-state index is 0.108. The van der Waals surface area contributed by atoms with E-state index in [1.807, 2.05) is 12.1 Å². The van der Waals surface area contributed by atoms with Gasteiger partial charge in [0, 0.05) is 38.2 Å². The van der Waals surface area contributed by atoms with Gasteiger partial charge in [0.25, 0.3) is 5.91 Å². The van der Waals surface area contributed by atoms with Crippen LogP contribution in [-0.2, 0) is 17.8 Å². The van der Waals surface area contributed by atoms with E-state index in [2.05, 4.69) is 5.32 Å². The molecule has 3 rings (SSSR count). The van der Waals surface area contributed by atoms with Crippen LogP contribution in [0.4, 0.5) is 4.39 Å². The van der Waals surface area contributed by atoms with E-state index in [4.69, 9.17) is 9.15 Å². The highest BCUT2D eigenvalue weighted by Gasteiger charge is 2.41. The first-order valence-electron chi connectivity index (χ1n) is 9.09. The highest BCUT2D eigenvalue weighted by molar-refractivity contribution is 5.86. The zero-order valence-corrected chi connectivity index (χ0v) is 15.4. The summed E-state index contributed by atoms with van der Waals surface area (Å²) in [6, 6.07) is 8.15. The van der Waals surface area contributed by atoms with E-state index in [0.29, 0.717) is 43.7 Å². The van der Waals surface area contributed by atoms with Gasteiger partial charge >= 0.3 is 0 Å². The van der Waals surface area contributed by atoms with Crippen molar-refractivity contribution in [1.82, 2.24) is 10.2 Å². The van der Waals surface area contributed by atoms with E-state index in [-0.39, 0.29) is 19.0 Å². The van der Waals surface area contributed by atoms with Gasteiger partial charge in [0.1, 0.15) is 17.3 Å². The predicted molar refractivity (Wildman–Crippen MR) is 97.8 cm³/mol. The van der Waals surface area contributed by atoms with Crippen molar-refractivity contribution >= 4 is 5.91 Å². The van der Waals surface area contributed by atoms with Crippen LogP contribution < -0.4 is 10.1 Å². The Morgan fingerprint density at radius 3 is 3.00 bits per heavy atom. The van der Waals surface area contributed by atoms with Crippen molar-refractivity contribution in [2.45, 2.75) is 31.4 Å². The molecule has 1 amide bonds. The molecule has 6 nitrogen and oxygen atoms in total. The Labute approximate surface area is 157 Å². The lowest BCUT2D eigenvalue weighted by molar-refractivity contribution is -0.157. The standard InChI is InChI=1S/C20H25FN2O4/c1-26-17-5-6-18(21)15(12-17)13-23-10-3-8-20(25,19(23)24)14-22-9-7-16-4-2-11-27-16/h2,4-6,11-12,22,25H,3,7-10,13-14H2,1H3/t20-/m1/s1. The molecule has 1 aliphatic heterocycles. The lowest BCUT2D eigenvalue weighted by Crippen LogP contribution is -2.57. The van der Waals surface area contributed by atoms with Crippen molar-refractivity contribution in [2.24, 2.45) is 0 Å². The molecule has 1 fully saturated rings. The molecule has 2 aromatic rings. The van der Waals surface area contributed by atoms with Crippen molar-refractivity contribution in [2.75, 3.05) is 26.7 Å². The number of ether oxygens (including phenoxy) is 1. The summed E-state index contributed by atoms with van der Waals surface area (Å²) in [5, 5.41) is 13.9. The fraction of sp³-hybridized carbons (Fsp3) is 0.450. The molecule has 0 saturated carbocycles. The second-order valence-electron chi connectivity index (χ2n) is 6.83. The molecule has 0 bridgehead atoms. The summed E-state index contributed by atoms with van der Waals surface area (Å²) in [6.07, 6.45) is 3.34. The minimum atomic E-state index is -1.48. The first kappa shape index (κ1) is 19.4. The van der Waals surface area contributed by atoms with Crippen LogP contribution in [0.5, 0.6) is 5.75 Å². The molecule has 0 radical (unpaired) electrons. The maximum absolute atomic E-state index is 14.1. The number of methoxy groups -OCH3 is 1. The lowest BCUT2D eigenvalue weighted by Gasteiger charge is -2.38. The van der Waals surface area contributed by atoms with Crippen LogP contribution in [0.2, 0.25) is 0 Å².